The molecule has 1 heterocycles. The third kappa shape index (κ3) is 2.35. The number of benzene rings is 2. The standard InChI is InChI=1S/C20H19NO/c22-17-11-10-16(12-17)19-14-21(13-15-6-2-1-3-7-15)20-9-5-4-8-18(19)20/h1-9,14,16H,10-13H2. The molecule has 110 valence electrons. The summed E-state index contributed by atoms with van der Waals surface area (Å²) < 4.78 is 2.32. The van der Waals surface area contributed by atoms with Gasteiger partial charge in [-0.1, -0.05) is 48.5 Å². The molecule has 1 unspecified atom stereocenters. The first-order valence-corrected chi connectivity index (χ1v) is 7.94. The Balaban J connectivity index is 1.77. The van der Waals surface area contributed by atoms with Gasteiger partial charge in [-0.05, 0) is 29.5 Å². The fraction of sp³-hybridized carbons (Fsp3) is 0.250. The van der Waals surface area contributed by atoms with Gasteiger partial charge in [0.1, 0.15) is 5.78 Å². The van der Waals surface area contributed by atoms with Gasteiger partial charge in [0.05, 0.1) is 0 Å². The highest BCUT2D eigenvalue weighted by atomic mass is 16.1. The van der Waals surface area contributed by atoms with E-state index >= 15 is 0 Å². The Morgan fingerprint density at radius 3 is 2.55 bits per heavy atom. The number of aromatic nitrogens is 1. The monoisotopic (exact) mass is 289 g/mol. The van der Waals surface area contributed by atoms with E-state index in [-0.39, 0.29) is 0 Å². The normalized spacial score (nSPS) is 18.2. The van der Waals surface area contributed by atoms with E-state index in [1.54, 1.807) is 0 Å². The first kappa shape index (κ1) is 13.3. The van der Waals surface area contributed by atoms with Crippen LogP contribution in [0, 0.1) is 0 Å². The van der Waals surface area contributed by atoms with Crippen LogP contribution in [0.15, 0.2) is 60.8 Å². The maximum atomic E-state index is 11.7. The molecule has 3 aromatic rings. The zero-order chi connectivity index (χ0) is 14.9. The van der Waals surface area contributed by atoms with Crippen LogP contribution in [-0.4, -0.2) is 10.4 Å². The summed E-state index contributed by atoms with van der Waals surface area (Å²) in [6.07, 6.45) is 4.71. The van der Waals surface area contributed by atoms with Gasteiger partial charge in [-0.15, -0.1) is 0 Å². The first-order chi connectivity index (χ1) is 10.8. The summed E-state index contributed by atoms with van der Waals surface area (Å²) in [6.45, 7) is 0.877. The van der Waals surface area contributed by atoms with Crippen LogP contribution in [0.5, 0.6) is 0 Å². The molecular weight excluding hydrogens is 270 g/mol. The highest BCUT2D eigenvalue weighted by molar-refractivity contribution is 5.87. The summed E-state index contributed by atoms with van der Waals surface area (Å²) in [7, 11) is 0. The molecule has 22 heavy (non-hydrogen) atoms. The molecule has 1 aromatic heterocycles. The molecule has 4 rings (SSSR count). The molecule has 1 saturated carbocycles. The second-order valence-corrected chi connectivity index (χ2v) is 6.19. The lowest BCUT2D eigenvalue weighted by Gasteiger charge is -2.06. The lowest BCUT2D eigenvalue weighted by Crippen LogP contribution is -1.98. The topological polar surface area (TPSA) is 22.0 Å². The van der Waals surface area contributed by atoms with Crippen LogP contribution in [0.4, 0.5) is 0 Å². The van der Waals surface area contributed by atoms with Gasteiger partial charge in [0.2, 0.25) is 0 Å². The van der Waals surface area contributed by atoms with E-state index in [9.17, 15) is 4.79 Å². The van der Waals surface area contributed by atoms with Gasteiger partial charge in [-0.2, -0.15) is 0 Å². The summed E-state index contributed by atoms with van der Waals surface area (Å²) >= 11 is 0. The minimum absolute atomic E-state index is 0.398. The van der Waals surface area contributed by atoms with E-state index in [0.29, 0.717) is 18.1 Å². The molecule has 0 amide bonds. The van der Waals surface area contributed by atoms with Gasteiger partial charge in [0, 0.05) is 36.5 Å². The minimum Gasteiger partial charge on any atom is -0.343 e. The van der Waals surface area contributed by atoms with Crippen LogP contribution in [0.3, 0.4) is 0 Å². The Hall–Kier alpha value is -2.35. The van der Waals surface area contributed by atoms with Gasteiger partial charge in [-0.25, -0.2) is 0 Å². The predicted molar refractivity (Wildman–Crippen MR) is 89.1 cm³/mol. The molecular formula is C20H19NO. The molecule has 0 radical (unpaired) electrons. The average Bonchev–Trinajstić information content (AvgIpc) is 3.13. The van der Waals surface area contributed by atoms with Gasteiger partial charge < -0.3 is 4.57 Å². The van der Waals surface area contributed by atoms with Gasteiger partial charge >= 0.3 is 0 Å². The number of hydrogen-bond donors (Lipinski definition) is 0. The van der Waals surface area contributed by atoms with Crippen molar-refractivity contribution in [2.45, 2.75) is 31.7 Å². The average molecular weight is 289 g/mol. The van der Waals surface area contributed by atoms with E-state index in [1.807, 2.05) is 6.07 Å². The number of carbonyl (C=O) groups excluding carboxylic acids is 1. The molecule has 1 atom stereocenters. The van der Waals surface area contributed by atoms with E-state index in [2.05, 4.69) is 59.3 Å². The second kappa shape index (κ2) is 5.45. The Bertz CT molecular complexity index is 816. The maximum absolute atomic E-state index is 11.7. The van der Waals surface area contributed by atoms with Gasteiger partial charge in [-0.3, -0.25) is 4.79 Å². The van der Waals surface area contributed by atoms with Crippen molar-refractivity contribution in [1.29, 1.82) is 0 Å². The van der Waals surface area contributed by atoms with Crippen molar-refractivity contribution in [3.8, 4) is 0 Å². The summed E-state index contributed by atoms with van der Waals surface area (Å²) in [5.41, 5.74) is 3.91. The molecule has 0 bridgehead atoms. The number of hydrogen-bond acceptors (Lipinski definition) is 1. The third-order valence-corrected chi connectivity index (χ3v) is 4.70. The molecule has 1 aliphatic carbocycles. The highest BCUT2D eigenvalue weighted by Gasteiger charge is 2.26. The molecule has 2 aromatic carbocycles. The molecule has 0 aliphatic heterocycles. The zero-order valence-corrected chi connectivity index (χ0v) is 12.5. The molecule has 0 spiro atoms. The molecule has 0 saturated heterocycles. The van der Waals surface area contributed by atoms with Crippen molar-refractivity contribution in [1.82, 2.24) is 4.57 Å². The quantitative estimate of drug-likeness (QED) is 0.694. The van der Waals surface area contributed by atoms with Crippen LogP contribution in [0.1, 0.15) is 36.3 Å². The number of nitrogens with zero attached hydrogens (tertiary/aromatic N) is 1. The largest absolute Gasteiger partial charge is 0.343 e. The van der Waals surface area contributed by atoms with E-state index in [1.165, 1.54) is 22.0 Å². The van der Waals surface area contributed by atoms with Gasteiger partial charge in [0.25, 0.3) is 0 Å². The lowest BCUT2D eigenvalue weighted by atomic mass is 9.97. The zero-order valence-electron chi connectivity index (χ0n) is 12.5. The molecule has 2 heteroatoms. The van der Waals surface area contributed by atoms with Crippen LogP contribution in [-0.2, 0) is 11.3 Å². The molecule has 1 aliphatic rings. The number of fused-ring (bicyclic) bond motifs is 1. The summed E-state index contributed by atoms with van der Waals surface area (Å²) in [5, 5.41) is 1.30. The number of Topliss-reactive ketones (excluding diaryl/α,β-unsaturated/α-hetero) is 1. The van der Waals surface area contributed by atoms with Crippen LogP contribution < -0.4 is 0 Å². The Morgan fingerprint density at radius 1 is 1.00 bits per heavy atom. The highest BCUT2D eigenvalue weighted by Crippen LogP contribution is 2.37. The van der Waals surface area contributed by atoms with E-state index in [4.69, 9.17) is 0 Å². The number of rotatable bonds is 3. The second-order valence-electron chi connectivity index (χ2n) is 6.19. The van der Waals surface area contributed by atoms with Crippen molar-refractivity contribution in [2.75, 3.05) is 0 Å². The van der Waals surface area contributed by atoms with Gasteiger partial charge in [0.15, 0.2) is 0 Å². The maximum Gasteiger partial charge on any atom is 0.133 e. The van der Waals surface area contributed by atoms with Crippen molar-refractivity contribution >= 4 is 16.7 Å². The van der Waals surface area contributed by atoms with E-state index in [0.717, 1.165) is 19.4 Å². The van der Waals surface area contributed by atoms with Crippen LogP contribution >= 0.6 is 0 Å². The van der Waals surface area contributed by atoms with Crippen molar-refractivity contribution in [2.24, 2.45) is 0 Å². The fourth-order valence-electron chi connectivity index (χ4n) is 3.59. The number of carbonyl (C=O) groups is 1. The summed E-state index contributed by atoms with van der Waals surface area (Å²) in [5.74, 6) is 0.805. The number of para-hydroxylation sites is 1. The van der Waals surface area contributed by atoms with Crippen LogP contribution in [0.25, 0.3) is 10.9 Å². The third-order valence-electron chi connectivity index (χ3n) is 4.70. The molecule has 1 fully saturated rings. The Morgan fingerprint density at radius 2 is 1.77 bits per heavy atom. The predicted octanol–water partition coefficient (Wildman–Crippen LogP) is 4.53. The van der Waals surface area contributed by atoms with E-state index < -0.39 is 0 Å². The molecule has 0 N–H and O–H groups in total. The van der Waals surface area contributed by atoms with Crippen molar-refractivity contribution in [3.63, 3.8) is 0 Å². The lowest BCUT2D eigenvalue weighted by molar-refractivity contribution is -0.117. The SMILES string of the molecule is O=C1CCC(c2cn(Cc3ccccc3)c3ccccc23)C1. The summed E-state index contributed by atoms with van der Waals surface area (Å²) in [6, 6.07) is 19.1. The molecule has 2 nitrogen and oxygen atoms in total. The Labute approximate surface area is 130 Å². The first-order valence-electron chi connectivity index (χ1n) is 7.94. The smallest absolute Gasteiger partial charge is 0.133 e. The van der Waals surface area contributed by atoms with Crippen molar-refractivity contribution < 1.29 is 4.79 Å². The summed E-state index contributed by atoms with van der Waals surface area (Å²) in [4.78, 5) is 11.7. The number of ketones is 1. The fourth-order valence-corrected chi connectivity index (χ4v) is 3.59. The van der Waals surface area contributed by atoms with Crippen molar-refractivity contribution in [3.05, 3.63) is 71.9 Å². The minimum atomic E-state index is 0.398. The van der Waals surface area contributed by atoms with Crippen LogP contribution in [0.2, 0.25) is 0 Å². The Kier molecular flexibility index (Phi) is 3.30.